The fraction of sp³-hybridized carbons (Fsp3) is 0.375. The maximum absolute atomic E-state index is 13.3. The Labute approximate surface area is 183 Å². The second kappa shape index (κ2) is 9.31. The Morgan fingerprint density at radius 1 is 0.903 bits per heavy atom. The average molecular weight is 420 g/mol. The van der Waals surface area contributed by atoms with Crippen LogP contribution in [0.15, 0.2) is 65.8 Å². The smallest absolute Gasteiger partial charge is 0.270 e. The van der Waals surface area contributed by atoms with Crippen molar-refractivity contribution in [1.82, 2.24) is 14.7 Å². The number of hydrogen-bond acceptors (Lipinski definition) is 5. The quantitative estimate of drug-likeness (QED) is 0.746. The molecule has 2 aliphatic heterocycles. The van der Waals surface area contributed by atoms with Crippen LogP contribution in [0.4, 0.5) is 5.69 Å². The van der Waals surface area contributed by atoms with Crippen LogP contribution in [0, 0.1) is 0 Å². The van der Waals surface area contributed by atoms with Crippen molar-refractivity contribution in [3.8, 4) is 0 Å². The predicted molar refractivity (Wildman–Crippen MR) is 122 cm³/mol. The molecule has 0 radical (unpaired) electrons. The molecule has 7 heteroatoms. The van der Waals surface area contributed by atoms with E-state index in [0.717, 1.165) is 11.3 Å². The lowest BCUT2D eigenvalue weighted by Crippen LogP contribution is -2.53. The van der Waals surface area contributed by atoms with Crippen LogP contribution in [0.2, 0.25) is 0 Å². The monoisotopic (exact) mass is 419 g/mol. The molecule has 0 saturated carbocycles. The summed E-state index contributed by atoms with van der Waals surface area (Å²) in [5.41, 5.74) is 2.68. The zero-order chi connectivity index (χ0) is 21.8. The molecule has 0 spiro atoms. The molecule has 2 aromatic rings. The molecule has 2 heterocycles. The number of rotatable bonds is 5. The van der Waals surface area contributed by atoms with Crippen LogP contribution in [0.25, 0.3) is 0 Å². The number of anilines is 1. The van der Waals surface area contributed by atoms with Crippen molar-refractivity contribution in [2.24, 2.45) is 5.10 Å². The minimum absolute atomic E-state index is 0.00879. The van der Waals surface area contributed by atoms with Gasteiger partial charge >= 0.3 is 0 Å². The molecule has 0 N–H and O–H groups in total. The van der Waals surface area contributed by atoms with E-state index in [2.05, 4.69) is 12.1 Å². The van der Waals surface area contributed by atoms with E-state index in [1.54, 1.807) is 0 Å². The van der Waals surface area contributed by atoms with Crippen LogP contribution in [0.1, 0.15) is 18.0 Å². The molecular formula is C24H29N5O2. The van der Waals surface area contributed by atoms with E-state index in [1.807, 2.05) is 82.3 Å². The van der Waals surface area contributed by atoms with E-state index in [1.165, 1.54) is 0 Å². The highest BCUT2D eigenvalue weighted by molar-refractivity contribution is 6.39. The molecule has 162 valence electrons. The van der Waals surface area contributed by atoms with E-state index < -0.39 is 0 Å². The first-order valence-corrected chi connectivity index (χ1v) is 10.7. The summed E-state index contributed by atoms with van der Waals surface area (Å²) in [6.45, 7) is 2.61. The highest BCUT2D eigenvalue weighted by Gasteiger charge is 2.35. The van der Waals surface area contributed by atoms with Crippen LogP contribution >= 0.6 is 0 Å². The summed E-state index contributed by atoms with van der Waals surface area (Å²) >= 11 is 0. The summed E-state index contributed by atoms with van der Waals surface area (Å²) in [6, 6.07) is 20.2. The number of benzene rings is 2. The number of hydrogen-bond donors (Lipinski definition) is 0. The number of carbonyl (C=O) groups is 2. The molecule has 1 unspecified atom stereocenters. The molecule has 31 heavy (non-hydrogen) atoms. The van der Waals surface area contributed by atoms with Gasteiger partial charge in [-0.1, -0.05) is 48.5 Å². The summed E-state index contributed by atoms with van der Waals surface area (Å²) in [5.74, 6) is 0.0776. The molecule has 2 aromatic carbocycles. The van der Waals surface area contributed by atoms with Crippen molar-refractivity contribution < 1.29 is 9.59 Å². The molecule has 0 aliphatic carbocycles. The zero-order valence-corrected chi connectivity index (χ0v) is 18.1. The Balaban J connectivity index is 1.48. The fourth-order valence-corrected chi connectivity index (χ4v) is 4.10. The van der Waals surface area contributed by atoms with Crippen LogP contribution in [-0.4, -0.2) is 79.0 Å². The first kappa shape index (κ1) is 21.1. The van der Waals surface area contributed by atoms with Gasteiger partial charge in [0.25, 0.3) is 5.91 Å². The van der Waals surface area contributed by atoms with Gasteiger partial charge in [-0.05, 0) is 31.8 Å². The highest BCUT2D eigenvalue weighted by atomic mass is 16.2. The van der Waals surface area contributed by atoms with E-state index in [0.29, 0.717) is 44.9 Å². The van der Waals surface area contributed by atoms with E-state index >= 15 is 0 Å². The average Bonchev–Trinajstić information content (AvgIpc) is 3.25. The van der Waals surface area contributed by atoms with Gasteiger partial charge in [0, 0.05) is 32.6 Å². The second-order valence-electron chi connectivity index (χ2n) is 8.27. The van der Waals surface area contributed by atoms with Gasteiger partial charge in [-0.2, -0.15) is 5.10 Å². The van der Waals surface area contributed by atoms with Gasteiger partial charge in [-0.15, -0.1) is 0 Å². The Morgan fingerprint density at radius 2 is 1.48 bits per heavy atom. The molecule has 1 fully saturated rings. The van der Waals surface area contributed by atoms with Crippen LogP contribution in [-0.2, 0) is 9.59 Å². The molecule has 2 amide bonds. The highest BCUT2D eigenvalue weighted by Crippen LogP contribution is 2.35. The van der Waals surface area contributed by atoms with Crippen molar-refractivity contribution in [3.63, 3.8) is 0 Å². The van der Waals surface area contributed by atoms with Crippen molar-refractivity contribution in [2.75, 3.05) is 51.8 Å². The third kappa shape index (κ3) is 4.77. The number of likely N-dealkylation sites (N-methyl/N-ethyl adjacent to an activating group) is 1. The van der Waals surface area contributed by atoms with Crippen molar-refractivity contribution in [2.45, 2.75) is 12.5 Å². The Bertz CT molecular complexity index is 937. The summed E-state index contributed by atoms with van der Waals surface area (Å²) in [5, 5.41) is 6.71. The van der Waals surface area contributed by atoms with Crippen molar-refractivity contribution in [1.29, 1.82) is 0 Å². The van der Waals surface area contributed by atoms with Crippen LogP contribution in [0.3, 0.4) is 0 Å². The third-order valence-corrected chi connectivity index (χ3v) is 5.73. The van der Waals surface area contributed by atoms with Crippen LogP contribution in [0.5, 0.6) is 0 Å². The third-order valence-electron chi connectivity index (χ3n) is 5.73. The molecule has 2 aliphatic rings. The molecule has 0 bridgehead atoms. The first-order chi connectivity index (χ1) is 15.0. The van der Waals surface area contributed by atoms with Gasteiger partial charge < -0.3 is 14.7 Å². The predicted octanol–water partition coefficient (Wildman–Crippen LogP) is 2.23. The SMILES string of the molecule is CN(C)CC(=O)N1CCN(C(=O)C2=NN(c3ccccc3)C(c3ccccc3)C2)CC1. The Morgan fingerprint density at radius 3 is 2.10 bits per heavy atom. The summed E-state index contributed by atoms with van der Waals surface area (Å²) in [4.78, 5) is 31.1. The lowest BCUT2D eigenvalue weighted by molar-refractivity contribution is -0.137. The second-order valence-corrected chi connectivity index (χ2v) is 8.27. The number of para-hydroxylation sites is 1. The maximum atomic E-state index is 13.3. The molecule has 7 nitrogen and oxygen atoms in total. The number of hydrazone groups is 1. The maximum Gasteiger partial charge on any atom is 0.270 e. The van der Waals surface area contributed by atoms with Crippen molar-refractivity contribution >= 4 is 23.2 Å². The van der Waals surface area contributed by atoms with Crippen molar-refractivity contribution in [3.05, 3.63) is 66.2 Å². The van der Waals surface area contributed by atoms with Gasteiger partial charge in [0.05, 0.1) is 18.3 Å². The molecule has 0 aromatic heterocycles. The number of amides is 2. The number of piperazine rings is 1. The minimum Gasteiger partial charge on any atom is -0.338 e. The van der Waals surface area contributed by atoms with Gasteiger partial charge in [0.2, 0.25) is 5.91 Å². The molecule has 1 saturated heterocycles. The minimum atomic E-state index is -0.0286. The molecule has 4 rings (SSSR count). The van der Waals surface area contributed by atoms with Gasteiger partial charge in [-0.3, -0.25) is 14.6 Å². The lowest BCUT2D eigenvalue weighted by Gasteiger charge is -2.35. The normalized spacial score (nSPS) is 19.0. The lowest BCUT2D eigenvalue weighted by atomic mass is 10.0. The van der Waals surface area contributed by atoms with E-state index in [-0.39, 0.29) is 17.9 Å². The van der Waals surface area contributed by atoms with Crippen LogP contribution < -0.4 is 5.01 Å². The summed E-state index contributed by atoms with van der Waals surface area (Å²) < 4.78 is 0. The Hall–Kier alpha value is -3.19. The summed E-state index contributed by atoms with van der Waals surface area (Å²) in [7, 11) is 3.77. The standard InChI is InChI=1S/C24H29N5O2/c1-26(2)18-23(30)27-13-15-28(16-14-27)24(31)21-17-22(19-9-5-3-6-10-19)29(25-21)20-11-7-4-8-12-20/h3-12,22H,13-18H2,1-2H3. The van der Waals surface area contributed by atoms with Gasteiger partial charge in [-0.25, -0.2) is 0 Å². The van der Waals surface area contributed by atoms with E-state index in [4.69, 9.17) is 5.10 Å². The number of nitrogens with zero attached hydrogens (tertiary/aromatic N) is 5. The van der Waals surface area contributed by atoms with Gasteiger partial charge in [0.1, 0.15) is 5.71 Å². The molecular weight excluding hydrogens is 390 g/mol. The largest absolute Gasteiger partial charge is 0.338 e. The Kier molecular flexibility index (Phi) is 6.32. The topological polar surface area (TPSA) is 59.5 Å². The first-order valence-electron chi connectivity index (χ1n) is 10.7. The van der Waals surface area contributed by atoms with Gasteiger partial charge in [0.15, 0.2) is 0 Å². The summed E-state index contributed by atoms with van der Waals surface area (Å²) in [6.07, 6.45) is 0.567. The van der Waals surface area contributed by atoms with E-state index in [9.17, 15) is 9.59 Å². The number of carbonyl (C=O) groups excluding carboxylic acids is 2. The fourth-order valence-electron chi connectivity index (χ4n) is 4.10. The molecule has 1 atom stereocenters. The zero-order valence-electron chi connectivity index (χ0n) is 18.1.